The number of hydrogen-bond acceptors (Lipinski definition) is 1. The average molecular weight is 220 g/mol. The first-order valence-corrected chi connectivity index (χ1v) is 6.05. The van der Waals surface area contributed by atoms with E-state index in [1.54, 1.807) is 0 Å². The van der Waals surface area contributed by atoms with E-state index in [1.165, 1.54) is 35.1 Å². The van der Waals surface area contributed by atoms with Gasteiger partial charge in [-0.15, -0.1) is 0 Å². The van der Waals surface area contributed by atoms with Crippen molar-refractivity contribution in [3.8, 4) is 11.1 Å². The zero-order chi connectivity index (χ0) is 11.5. The van der Waals surface area contributed by atoms with Crippen molar-refractivity contribution in [3.63, 3.8) is 0 Å². The summed E-state index contributed by atoms with van der Waals surface area (Å²) < 4.78 is 0. The van der Waals surface area contributed by atoms with E-state index in [2.05, 4.69) is 36.4 Å². The molecule has 1 fully saturated rings. The summed E-state index contributed by atoms with van der Waals surface area (Å²) in [5.74, 6) is 0. The molecule has 1 saturated carbocycles. The molecular formula is C16H12O. The summed E-state index contributed by atoms with van der Waals surface area (Å²) in [5, 5.41) is 0. The van der Waals surface area contributed by atoms with Gasteiger partial charge in [0.25, 0.3) is 0 Å². The number of aldehydes is 1. The Balaban J connectivity index is 2.07. The van der Waals surface area contributed by atoms with Crippen LogP contribution in [0, 0.1) is 0 Å². The third kappa shape index (κ3) is 1.02. The van der Waals surface area contributed by atoms with Crippen LogP contribution in [-0.2, 0) is 5.41 Å². The Morgan fingerprint density at radius 1 is 0.941 bits per heavy atom. The molecule has 1 spiro atoms. The summed E-state index contributed by atoms with van der Waals surface area (Å²) >= 11 is 0. The van der Waals surface area contributed by atoms with E-state index < -0.39 is 0 Å². The van der Waals surface area contributed by atoms with Crippen molar-refractivity contribution in [2.75, 3.05) is 0 Å². The van der Waals surface area contributed by atoms with Gasteiger partial charge in [-0.25, -0.2) is 0 Å². The molecule has 0 amide bonds. The Labute approximate surface area is 100 Å². The molecule has 0 unspecified atom stereocenters. The van der Waals surface area contributed by atoms with Gasteiger partial charge in [-0.3, -0.25) is 4.79 Å². The highest BCUT2D eigenvalue weighted by atomic mass is 16.1. The number of carbonyl (C=O) groups is 1. The van der Waals surface area contributed by atoms with Crippen LogP contribution in [0.3, 0.4) is 0 Å². The molecule has 0 atom stereocenters. The van der Waals surface area contributed by atoms with Crippen molar-refractivity contribution in [2.24, 2.45) is 0 Å². The Bertz CT molecular complexity index is 636. The molecule has 2 aromatic rings. The zero-order valence-electron chi connectivity index (χ0n) is 9.44. The molecule has 0 radical (unpaired) electrons. The molecule has 0 bridgehead atoms. The predicted molar refractivity (Wildman–Crippen MR) is 67.3 cm³/mol. The molecule has 4 rings (SSSR count). The van der Waals surface area contributed by atoms with Crippen LogP contribution in [0.5, 0.6) is 0 Å². The van der Waals surface area contributed by atoms with E-state index in [0.29, 0.717) is 0 Å². The second-order valence-electron chi connectivity index (χ2n) is 5.05. The van der Waals surface area contributed by atoms with Gasteiger partial charge in [0.05, 0.1) is 0 Å². The number of fused-ring (bicyclic) bond motifs is 5. The standard InChI is InChI=1S/C16H12O/c17-10-11-5-6-13-12-3-1-2-4-14(12)16(7-8-16)15(13)9-11/h1-6,9-10H,7-8H2. The molecule has 2 aliphatic carbocycles. The minimum absolute atomic E-state index is 0.241. The van der Waals surface area contributed by atoms with Gasteiger partial charge < -0.3 is 0 Å². The average Bonchev–Trinajstić information content (AvgIpc) is 3.14. The molecule has 0 N–H and O–H groups in total. The fourth-order valence-corrected chi connectivity index (χ4v) is 3.21. The van der Waals surface area contributed by atoms with Crippen LogP contribution in [0.25, 0.3) is 11.1 Å². The first kappa shape index (κ1) is 9.17. The molecule has 17 heavy (non-hydrogen) atoms. The summed E-state index contributed by atoms with van der Waals surface area (Å²) in [6.07, 6.45) is 3.39. The fourth-order valence-electron chi connectivity index (χ4n) is 3.21. The second-order valence-corrected chi connectivity index (χ2v) is 5.05. The van der Waals surface area contributed by atoms with Crippen molar-refractivity contribution in [1.29, 1.82) is 0 Å². The Kier molecular flexibility index (Phi) is 1.54. The maximum Gasteiger partial charge on any atom is 0.150 e. The van der Waals surface area contributed by atoms with Gasteiger partial charge >= 0.3 is 0 Å². The molecule has 0 saturated heterocycles. The first-order valence-electron chi connectivity index (χ1n) is 6.05. The van der Waals surface area contributed by atoms with Gasteiger partial charge in [-0.2, -0.15) is 0 Å². The summed E-state index contributed by atoms with van der Waals surface area (Å²) in [6, 6.07) is 14.7. The third-order valence-corrected chi connectivity index (χ3v) is 4.18. The largest absolute Gasteiger partial charge is 0.298 e. The molecule has 2 aliphatic rings. The SMILES string of the molecule is O=Cc1ccc2c(c1)C1(CC1)c1ccccc1-2. The van der Waals surface area contributed by atoms with Crippen LogP contribution >= 0.6 is 0 Å². The minimum atomic E-state index is 0.241. The summed E-state index contributed by atoms with van der Waals surface area (Å²) in [7, 11) is 0. The van der Waals surface area contributed by atoms with Gasteiger partial charge in [0.2, 0.25) is 0 Å². The lowest BCUT2D eigenvalue weighted by atomic mass is 9.93. The fraction of sp³-hybridized carbons (Fsp3) is 0.188. The highest BCUT2D eigenvalue weighted by molar-refractivity contribution is 5.86. The lowest BCUT2D eigenvalue weighted by Gasteiger charge is -2.10. The Morgan fingerprint density at radius 3 is 2.47 bits per heavy atom. The summed E-state index contributed by atoms with van der Waals surface area (Å²) in [6.45, 7) is 0. The van der Waals surface area contributed by atoms with Gasteiger partial charge in [0.1, 0.15) is 6.29 Å². The Morgan fingerprint density at radius 2 is 1.71 bits per heavy atom. The van der Waals surface area contributed by atoms with E-state index in [0.717, 1.165) is 11.8 Å². The maximum atomic E-state index is 10.9. The number of benzene rings is 2. The number of carbonyl (C=O) groups excluding carboxylic acids is 1. The highest BCUT2D eigenvalue weighted by Crippen LogP contribution is 2.62. The van der Waals surface area contributed by atoms with E-state index in [4.69, 9.17) is 0 Å². The van der Waals surface area contributed by atoms with E-state index in [-0.39, 0.29) is 5.41 Å². The van der Waals surface area contributed by atoms with Crippen LogP contribution in [0.2, 0.25) is 0 Å². The topological polar surface area (TPSA) is 17.1 Å². The van der Waals surface area contributed by atoms with Crippen molar-refractivity contribution in [3.05, 3.63) is 59.2 Å². The van der Waals surface area contributed by atoms with E-state index >= 15 is 0 Å². The first-order chi connectivity index (χ1) is 8.35. The quantitative estimate of drug-likeness (QED) is 0.671. The van der Waals surface area contributed by atoms with Crippen molar-refractivity contribution >= 4 is 6.29 Å². The van der Waals surface area contributed by atoms with Crippen LogP contribution in [0.4, 0.5) is 0 Å². The molecule has 0 heterocycles. The van der Waals surface area contributed by atoms with Crippen molar-refractivity contribution in [2.45, 2.75) is 18.3 Å². The Hall–Kier alpha value is -1.89. The zero-order valence-corrected chi connectivity index (χ0v) is 9.44. The van der Waals surface area contributed by atoms with Crippen LogP contribution in [0.15, 0.2) is 42.5 Å². The van der Waals surface area contributed by atoms with Crippen LogP contribution < -0.4 is 0 Å². The minimum Gasteiger partial charge on any atom is -0.298 e. The van der Waals surface area contributed by atoms with Gasteiger partial charge in [0, 0.05) is 11.0 Å². The third-order valence-electron chi connectivity index (χ3n) is 4.18. The van der Waals surface area contributed by atoms with Gasteiger partial charge in [0.15, 0.2) is 0 Å². The van der Waals surface area contributed by atoms with Gasteiger partial charge in [-0.1, -0.05) is 36.4 Å². The molecule has 1 heteroatoms. The van der Waals surface area contributed by atoms with Crippen LogP contribution in [0.1, 0.15) is 34.3 Å². The molecule has 2 aromatic carbocycles. The summed E-state index contributed by atoms with van der Waals surface area (Å²) in [5.41, 5.74) is 6.54. The van der Waals surface area contributed by atoms with Gasteiger partial charge in [-0.05, 0) is 41.2 Å². The smallest absolute Gasteiger partial charge is 0.150 e. The monoisotopic (exact) mass is 220 g/mol. The molecule has 0 aliphatic heterocycles. The predicted octanol–water partition coefficient (Wildman–Crippen LogP) is 3.56. The molecular weight excluding hydrogens is 208 g/mol. The maximum absolute atomic E-state index is 10.9. The molecule has 1 nitrogen and oxygen atoms in total. The van der Waals surface area contributed by atoms with Crippen LogP contribution in [-0.4, -0.2) is 6.29 Å². The van der Waals surface area contributed by atoms with E-state index in [9.17, 15) is 4.79 Å². The van der Waals surface area contributed by atoms with Crippen molar-refractivity contribution < 1.29 is 4.79 Å². The highest BCUT2D eigenvalue weighted by Gasteiger charge is 2.51. The lowest BCUT2D eigenvalue weighted by Crippen LogP contribution is -2.03. The lowest BCUT2D eigenvalue weighted by molar-refractivity contribution is 0.112. The second kappa shape index (κ2) is 2.86. The molecule has 0 aromatic heterocycles. The normalized spacial score (nSPS) is 17.6. The van der Waals surface area contributed by atoms with Crippen molar-refractivity contribution in [1.82, 2.24) is 0 Å². The number of rotatable bonds is 1. The van der Waals surface area contributed by atoms with E-state index in [1.807, 2.05) is 6.07 Å². The molecule has 82 valence electrons. The number of hydrogen-bond donors (Lipinski definition) is 0. The summed E-state index contributed by atoms with van der Waals surface area (Å²) in [4.78, 5) is 10.9.